The number of alkyl halides is 3. The van der Waals surface area contributed by atoms with Gasteiger partial charge < -0.3 is 19.3 Å². The summed E-state index contributed by atoms with van der Waals surface area (Å²) in [6.07, 6.45) is -4.36. The number of carbonyl (C=O) groups excluding carboxylic acids is 1. The first-order valence-corrected chi connectivity index (χ1v) is 9.33. The minimum atomic E-state index is -4.36. The SMILES string of the molecule is COc1ccc(C(=O)N2CC[NH+](Cc3ccccc3C(F)(F)F)CC2)cc1OC. The minimum Gasteiger partial charge on any atom is -0.493 e. The number of nitrogens with zero attached hydrogens (tertiary/aromatic N) is 1. The topological polar surface area (TPSA) is 43.2 Å². The number of piperazine rings is 1. The van der Waals surface area contributed by atoms with E-state index in [0.717, 1.165) is 11.0 Å². The molecule has 0 spiro atoms. The van der Waals surface area contributed by atoms with Crippen LogP contribution in [0, 0.1) is 0 Å². The quantitative estimate of drug-likeness (QED) is 0.824. The molecule has 3 rings (SSSR count). The highest BCUT2D eigenvalue weighted by Gasteiger charge is 2.34. The van der Waals surface area contributed by atoms with E-state index in [-0.39, 0.29) is 18.0 Å². The fourth-order valence-corrected chi connectivity index (χ4v) is 3.57. The Morgan fingerprint density at radius 3 is 2.31 bits per heavy atom. The Morgan fingerprint density at radius 2 is 1.69 bits per heavy atom. The van der Waals surface area contributed by atoms with Crippen molar-refractivity contribution in [1.82, 2.24) is 4.90 Å². The van der Waals surface area contributed by atoms with Crippen LogP contribution in [0.3, 0.4) is 0 Å². The number of hydrogen-bond donors (Lipinski definition) is 1. The molecule has 1 saturated heterocycles. The third kappa shape index (κ3) is 4.82. The van der Waals surface area contributed by atoms with E-state index >= 15 is 0 Å². The van der Waals surface area contributed by atoms with Crippen molar-refractivity contribution in [3.05, 3.63) is 59.2 Å². The molecule has 5 nitrogen and oxygen atoms in total. The minimum absolute atomic E-state index is 0.124. The molecular weight excluding hydrogens is 385 g/mol. The molecule has 0 aliphatic carbocycles. The Kier molecular flexibility index (Phi) is 6.32. The number of rotatable bonds is 5. The van der Waals surface area contributed by atoms with E-state index in [0.29, 0.717) is 43.2 Å². The van der Waals surface area contributed by atoms with Gasteiger partial charge in [0.25, 0.3) is 5.91 Å². The van der Waals surface area contributed by atoms with Gasteiger partial charge in [0.2, 0.25) is 0 Å². The van der Waals surface area contributed by atoms with Crippen LogP contribution in [0.25, 0.3) is 0 Å². The highest BCUT2D eigenvalue weighted by Crippen LogP contribution is 2.31. The maximum absolute atomic E-state index is 13.2. The van der Waals surface area contributed by atoms with E-state index in [2.05, 4.69) is 0 Å². The zero-order valence-electron chi connectivity index (χ0n) is 16.4. The second kappa shape index (κ2) is 8.73. The second-order valence-corrected chi connectivity index (χ2v) is 6.94. The van der Waals surface area contributed by atoms with Crippen LogP contribution in [-0.2, 0) is 12.7 Å². The highest BCUT2D eigenvalue weighted by atomic mass is 19.4. The molecular formula is C21H24F3N2O3+. The third-order valence-corrected chi connectivity index (χ3v) is 5.15. The van der Waals surface area contributed by atoms with Crippen LogP contribution in [0.4, 0.5) is 13.2 Å². The average Bonchev–Trinajstić information content (AvgIpc) is 2.73. The van der Waals surface area contributed by atoms with Crippen molar-refractivity contribution in [2.24, 2.45) is 0 Å². The standard InChI is InChI=1S/C21H23F3N2O3/c1-28-18-8-7-15(13-19(18)29-2)20(27)26-11-9-25(10-12-26)14-16-5-3-4-6-17(16)21(22,23)24/h3-8,13H,9-12,14H2,1-2H3/p+1. The maximum Gasteiger partial charge on any atom is 0.416 e. The number of carbonyl (C=O) groups is 1. The van der Waals surface area contributed by atoms with Crippen LogP contribution in [0.1, 0.15) is 21.5 Å². The number of nitrogens with one attached hydrogen (secondary N) is 1. The summed E-state index contributed by atoms with van der Waals surface area (Å²) in [5, 5.41) is 0. The van der Waals surface area contributed by atoms with Crippen LogP contribution >= 0.6 is 0 Å². The lowest BCUT2D eigenvalue weighted by molar-refractivity contribution is -0.917. The van der Waals surface area contributed by atoms with E-state index in [4.69, 9.17) is 9.47 Å². The van der Waals surface area contributed by atoms with E-state index in [9.17, 15) is 18.0 Å². The van der Waals surface area contributed by atoms with Gasteiger partial charge >= 0.3 is 6.18 Å². The fraction of sp³-hybridized carbons (Fsp3) is 0.381. The van der Waals surface area contributed by atoms with Crippen molar-refractivity contribution in [2.75, 3.05) is 40.4 Å². The van der Waals surface area contributed by atoms with Gasteiger partial charge in [0, 0.05) is 11.1 Å². The molecule has 1 aliphatic heterocycles. The summed E-state index contributed by atoms with van der Waals surface area (Å²) in [5.41, 5.74) is 0.194. The summed E-state index contributed by atoms with van der Waals surface area (Å²) >= 11 is 0. The number of amides is 1. The molecule has 29 heavy (non-hydrogen) atoms. The Balaban J connectivity index is 1.63. The number of benzene rings is 2. The van der Waals surface area contributed by atoms with Crippen LogP contribution in [-0.4, -0.2) is 51.2 Å². The second-order valence-electron chi connectivity index (χ2n) is 6.94. The molecule has 0 unspecified atom stereocenters. The molecule has 1 fully saturated rings. The summed E-state index contributed by atoms with van der Waals surface area (Å²) in [4.78, 5) is 15.5. The smallest absolute Gasteiger partial charge is 0.416 e. The predicted octanol–water partition coefficient (Wildman–Crippen LogP) is 2.26. The number of ether oxygens (including phenoxy) is 2. The summed E-state index contributed by atoms with van der Waals surface area (Å²) < 4.78 is 50.0. The largest absolute Gasteiger partial charge is 0.493 e. The maximum atomic E-state index is 13.2. The summed E-state index contributed by atoms with van der Waals surface area (Å²) in [7, 11) is 3.03. The van der Waals surface area contributed by atoms with Gasteiger partial charge in [-0.2, -0.15) is 13.2 Å². The van der Waals surface area contributed by atoms with Crippen molar-refractivity contribution in [2.45, 2.75) is 12.7 Å². The molecule has 156 valence electrons. The van der Waals surface area contributed by atoms with Gasteiger partial charge in [-0.15, -0.1) is 0 Å². The molecule has 1 aliphatic rings. The lowest BCUT2D eigenvalue weighted by Gasteiger charge is -2.32. The number of hydrogen-bond acceptors (Lipinski definition) is 3. The molecule has 1 heterocycles. The van der Waals surface area contributed by atoms with Gasteiger partial charge in [0.05, 0.1) is 46.0 Å². The lowest BCUT2D eigenvalue weighted by Crippen LogP contribution is -3.13. The molecule has 0 atom stereocenters. The Morgan fingerprint density at radius 1 is 1.03 bits per heavy atom. The van der Waals surface area contributed by atoms with Crippen LogP contribution in [0.15, 0.2) is 42.5 Å². The molecule has 1 amide bonds. The molecule has 1 N–H and O–H groups in total. The Bertz CT molecular complexity index is 862. The molecule has 0 saturated carbocycles. The van der Waals surface area contributed by atoms with Crippen molar-refractivity contribution >= 4 is 5.91 Å². The van der Waals surface area contributed by atoms with Gasteiger partial charge in [0.1, 0.15) is 6.54 Å². The molecule has 2 aromatic rings. The summed E-state index contributed by atoms with van der Waals surface area (Å²) in [6.45, 7) is 2.43. The average molecular weight is 409 g/mol. The van der Waals surface area contributed by atoms with E-state index in [1.165, 1.54) is 26.4 Å². The fourth-order valence-electron chi connectivity index (χ4n) is 3.57. The van der Waals surface area contributed by atoms with Crippen LogP contribution in [0.5, 0.6) is 11.5 Å². The lowest BCUT2D eigenvalue weighted by atomic mass is 10.1. The van der Waals surface area contributed by atoms with Crippen molar-refractivity contribution in [1.29, 1.82) is 0 Å². The first-order valence-electron chi connectivity index (χ1n) is 9.33. The predicted molar refractivity (Wildman–Crippen MR) is 101 cm³/mol. The first-order chi connectivity index (χ1) is 13.8. The van der Waals surface area contributed by atoms with E-state index < -0.39 is 11.7 Å². The highest BCUT2D eigenvalue weighted by molar-refractivity contribution is 5.95. The zero-order valence-corrected chi connectivity index (χ0v) is 16.4. The normalized spacial score (nSPS) is 15.3. The number of methoxy groups -OCH3 is 2. The molecule has 0 aromatic heterocycles. The van der Waals surface area contributed by atoms with Gasteiger partial charge in [-0.05, 0) is 24.3 Å². The van der Waals surface area contributed by atoms with Crippen molar-refractivity contribution in [3.8, 4) is 11.5 Å². The van der Waals surface area contributed by atoms with Crippen LogP contribution in [0.2, 0.25) is 0 Å². The molecule has 0 bridgehead atoms. The molecule has 8 heteroatoms. The third-order valence-electron chi connectivity index (χ3n) is 5.15. The van der Waals surface area contributed by atoms with E-state index in [1.807, 2.05) is 0 Å². The summed E-state index contributed by atoms with van der Waals surface area (Å²) in [5.74, 6) is 0.897. The van der Waals surface area contributed by atoms with Crippen molar-refractivity contribution in [3.63, 3.8) is 0 Å². The van der Waals surface area contributed by atoms with Gasteiger partial charge in [0.15, 0.2) is 11.5 Å². The van der Waals surface area contributed by atoms with Crippen molar-refractivity contribution < 1.29 is 32.3 Å². The van der Waals surface area contributed by atoms with Gasteiger partial charge in [-0.3, -0.25) is 4.79 Å². The van der Waals surface area contributed by atoms with Crippen LogP contribution < -0.4 is 14.4 Å². The summed E-state index contributed by atoms with van der Waals surface area (Å²) in [6, 6.07) is 10.7. The molecule has 0 radical (unpaired) electrons. The number of halogens is 3. The van der Waals surface area contributed by atoms with E-state index in [1.54, 1.807) is 29.2 Å². The zero-order chi connectivity index (χ0) is 21.0. The first kappa shape index (κ1) is 21.0. The number of quaternary nitrogens is 1. The van der Waals surface area contributed by atoms with Gasteiger partial charge in [-0.1, -0.05) is 18.2 Å². The Labute approximate surface area is 167 Å². The Hall–Kier alpha value is -2.74. The monoisotopic (exact) mass is 409 g/mol. The van der Waals surface area contributed by atoms with Gasteiger partial charge in [-0.25, -0.2) is 0 Å². The molecule has 2 aromatic carbocycles.